The van der Waals surface area contributed by atoms with Gasteiger partial charge in [-0.1, -0.05) is 25.1 Å². The molecule has 4 heteroatoms. The highest BCUT2D eigenvalue weighted by Crippen LogP contribution is 2.32. The maximum absolute atomic E-state index is 13.8. The van der Waals surface area contributed by atoms with Gasteiger partial charge in [0, 0.05) is 12.1 Å². The normalized spacial score (nSPS) is 10.5. The van der Waals surface area contributed by atoms with Crippen LogP contribution in [0.4, 0.5) is 4.39 Å². The number of rotatable bonds is 5. The molecule has 0 aromatic heterocycles. The Labute approximate surface area is 120 Å². The van der Waals surface area contributed by atoms with E-state index >= 15 is 0 Å². The first kappa shape index (κ1) is 14.0. The van der Waals surface area contributed by atoms with Gasteiger partial charge in [0.15, 0.2) is 0 Å². The summed E-state index contributed by atoms with van der Waals surface area (Å²) in [5.74, 6) is 0.948. The molecule has 2 aromatic carbocycles. The molecule has 2 rings (SSSR count). The highest BCUT2D eigenvalue weighted by molar-refractivity contribution is 9.10. The van der Waals surface area contributed by atoms with Gasteiger partial charge in [-0.25, -0.2) is 4.39 Å². The first-order valence-electron chi connectivity index (χ1n) is 6.13. The highest BCUT2D eigenvalue weighted by Gasteiger charge is 2.11. The van der Waals surface area contributed by atoms with E-state index in [1.54, 1.807) is 12.1 Å². The quantitative estimate of drug-likeness (QED) is 0.875. The number of nitrogens with one attached hydrogen (secondary N) is 1. The summed E-state index contributed by atoms with van der Waals surface area (Å²) in [5.41, 5.74) is 0.542. The van der Waals surface area contributed by atoms with Crippen LogP contribution < -0.4 is 10.1 Å². The summed E-state index contributed by atoms with van der Waals surface area (Å²) in [4.78, 5) is 0. The van der Waals surface area contributed by atoms with Crippen molar-refractivity contribution in [3.8, 4) is 11.5 Å². The van der Waals surface area contributed by atoms with Gasteiger partial charge in [0.2, 0.25) is 0 Å². The van der Waals surface area contributed by atoms with Gasteiger partial charge in [-0.05, 0) is 46.7 Å². The summed E-state index contributed by atoms with van der Waals surface area (Å²) in [5, 5.41) is 3.11. The lowest BCUT2D eigenvalue weighted by Gasteiger charge is -2.13. The van der Waals surface area contributed by atoms with Gasteiger partial charge in [0.25, 0.3) is 0 Å². The van der Waals surface area contributed by atoms with Crippen LogP contribution in [-0.2, 0) is 6.54 Å². The fourth-order valence-corrected chi connectivity index (χ4v) is 2.07. The molecule has 0 heterocycles. The fourth-order valence-electron chi connectivity index (χ4n) is 1.70. The highest BCUT2D eigenvalue weighted by atomic mass is 79.9. The van der Waals surface area contributed by atoms with E-state index in [1.165, 1.54) is 6.07 Å². The zero-order valence-electron chi connectivity index (χ0n) is 10.6. The maximum Gasteiger partial charge on any atom is 0.141 e. The lowest BCUT2D eigenvalue weighted by Crippen LogP contribution is -2.13. The summed E-state index contributed by atoms with van der Waals surface area (Å²) in [6, 6.07) is 12.4. The average Bonchev–Trinajstić information content (AvgIpc) is 2.41. The zero-order chi connectivity index (χ0) is 13.7. The van der Waals surface area contributed by atoms with Crippen molar-refractivity contribution in [2.45, 2.75) is 13.5 Å². The van der Waals surface area contributed by atoms with Crippen LogP contribution in [0.15, 0.2) is 46.9 Å². The van der Waals surface area contributed by atoms with Crippen molar-refractivity contribution in [2.24, 2.45) is 0 Å². The minimum Gasteiger partial charge on any atom is -0.456 e. The van der Waals surface area contributed by atoms with Gasteiger partial charge in [-0.15, -0.1) is 0 Å². The molecule has 0 radical (unpaired) electrons. The fraction of sp³-hybridized carbons (Fsp3) is 0.200. The predicted molar refractivity (Wildman–Crippen MR) is 78.0 cm³/mol. The van der Waals surface area contributed by atoms with Crippen LogP contribution in [0.25, 0.3) is 0 Å². The van der Waals surface area contributed by atoms with Gasteiger partial charge in [0.1, 0.15) is 17.3 Å². The van der Waals surface area contributed by atoms with Crippen molar-refractivity contribution < 1.29 is 9.13 Å². The van der Waals surface area contributed by atoms with E-state index in [0.717, 1.165) is 11.0 Å². The minimum atomic E-state index is -0.259. The topological polar surface area (TPSA) is 21.3 Å². The molecule has 0 fully saturated rings. The van der Waals surface area contributed by atoms with Crippen LogP contribution in [0.3, 0.4) is 0 Å². The molecular formula is C15H15BrFNO. The van der Waals surface area contributed by atoms with Crippen molar-refractivity contribution >= 4 is 15.9 Å². The van der Waals surface area contributed by atoms with E-state index in [9.17, 15) is 4.39 Å². The summed E-state index contributed by atoms with van der Waals surface area (Å²) in [7, 11) is 0. The molecule has 0 aliphatic rings. The Hall–Kier alpha value is -1.39. The molecular weight excluding hydrogens is 309 g/mol. The molecule has 100 valence electrons. The van der Waals surface area contributed by atoms with E-state index in [1.807, 2.05) is 31.2 Å². The molecule has 0 atom stereocenters. The molecule has 19 heavy (non-hydrogen) atoms. The molecule has 1 N–H and O–H groups in total. The lowest BCUT2D eigenvalue weighted by atomic mass is 10.2. The van der Waals surface area contributed by atoms with Crippen LogP contribution in [-0.4, -0.2) is 6.54 Å². The Morgan fingerprint density at radius 2 is 1.84 bits per heavy atom. The SMILES string of the molecule is CCNCc1c(F)cccc1Oc1ccccc1Br. The predicted octanol–water partition coefficient (Wildman–Crippen LogP) is 4.49. The van der Waals surface area contributed by atoms with Crippen LogP contribution in [0.2, 0.25) is 0 Å². The van der Waals surface area contributed by atoms with Crippen molar-refractivity contribution in [1.29, 1.82) is 0 Å². The average molecular weight is 324 g/mol. The Morgan fingerprint density at radius 1 is 1.11 bits per heavy atom. The van der Waals surface area contributed by atoms with E-state index < -0.39 is 0 Å². The Morgan fingerprint density at radius 3 is 2.58 bits per heavy atom. The third-order valence-electron chi connectivity index (χ3n) is 2.68. The largest absolute Gasteiger partial charge is 0.456 e. The maximum atomic E-state index is 13.8. The first-order valence-corrected chi connectivity index (χ1v) is 6.92. The molecule has 2 aromatic rings. The summed E-state index contributed by atoms with van der Waals surface area (Å²) >= 11 is 3.42. The van der Waals surface area contributed by atoms with Gasteiger partial charge in [-0.2, -0.15) is 0 Å². The third-order valence-corrected chi connectivity index (χ3v) is 3.34. The van der Waals surface area contributed by atoms with Crippen LogP contribution in [0.1, 0.15) is 12.5 Å². The molecule has 0 aliphatic heterocycles. The number of hydrogen-bond acceptors (Lipinski definition) is 2. The smallest absolute Gasteiger partial charge is 0.141 e. The lowest BCUT2D eigenvalue weighted by molar-refractivity contribution is 0.460. The van der Waals surface area contributed by atoms with E-state index in [4.69, 9.17) is 4.74 Å². The van der Waals surface area contributed by atoms with Crippen molar-refractivity contribution in [3.63, 3.8) is 0 Å². The summed E-state index contributed by atoms with van der Waals surface area (Å²) in [6.45, 7) is 3.21. The molecule has 0 aliphatic carbocycles. The zero-order valence-corrected chi connectivity index (χ0v) is 12.2. The Balaban J connectivity index is 2.29. The second kappa shape index (κ2) is 6.68. The second-order valence-corrected chi connectivity index (χ2v) is 4.88. The Bertz CT molecular complexity index is 560. The molecule has 0 saturated heterocycles. The van der Waals surface area contributed by atoms with Crippen LogP contribution in [0.5, 0.6) is 11.5 Å². The monoisotopic (exact) mass is 323 g/mol. The van der Waals surface area contributed by atoms with Crippen molar-refractivity contribution in [3.05, 3.63) is 58.3 Å². The first-order chi connectivity index (χ1) is 9.22. The van der Waals surface area contributed by atoms with Crippen LogP contribution in [0, 0.1) is 5.82 Å². The number of hydrogen-bond donors (Lipinski definition) is 1. The molecule has 0 bridgehead atoms. The van der Waals surface area contributed by atoms with Crippen molar-refractivity contribution in [2.75, 3.05) is 6.54 Å². The van der Waals surface area contributed by atoms with E-state index in [0.29, 0.717) is 23.6 Å². The second-order valence-electron chi connectivity index (χ2n) is 4.03. The molecule has 0 spiro atoms. The van der Waals surface area contributed by atoms with Gasteiger partial charge in [0.05, 0.1) is 4.47 Å². The molecule has 0 amide bonds. The van der Waals surface area contributed by atoms with Crippen molar-refractivity contribution in [1.82, 2.24) is 5.32 Å². The number of para-hydroxylation sites is 1. The summed E-state index contributed by atoms with van der Waals surface area (Å²) < 4.78 is 20.5. The number of ether oxygens (including phenoxy) is 1. The van der Waals surface area contributed by atoms with Gasteiger partial charge >= 0.3 is 0 Å². The molecule has 0 saturated carbocycles. The van der Waals surface area contributed by atoms with Gasteiger partial charge < -0.3 is 10.1 Å². The van der Waals surface area contributed by atoms with E-state index in [2.05, 4.69) is 21.2 Å². The molecule has 2 nitrogen and oxygen atoms in total. The van der Waals surface area contributed by atoms with Gasteiger partial charge in [-0.3, -0.25) is 0 Å². The summed E-state index contributed by atoms with van der Waals surface area (Å²) in [6.07, 6.45) is 0. The van der Waals surface area contributed by atoms with E-state index in [-0.39, 0.29) is 5.82 Å². The number of benzene rings is 2. The standard InChI is InChI=1S/C15H15BrFNO/c1-2-18-10-11-13(17)7-5-9-14(11)19-15-8-4-3-6-12(15)16/h3-9,18H,2,10H2,1H3. The Kier molecular flexibility index (Phi) is 4.93. The van der Waals surface area contributed by atoms with Crippen LogP contribution >= 0.6 is 15.9 Å². The third kappa shape index (κ3) is 3.55. The number of halogens is 2. The minimum absolute atomic E-state index is 0.259. The molecule has 0 unspecified atom stereocenters.